The predicted octanol–water partition coefficient (Wildman–Crippen LogP) is 5.13. The second-order valence-electron chi connectivity index (χ2n) is 7.17. The maximum atomic E-state index is 5.26. The topological polar surface area (TPSA) is 96.3 Å². The molecule has 0 saturated carbocycles. The monoisotopic (exact) mass is 392 g/mol. The Kier molecular flexibility index (Phi) is 3.55. The third-order valence-corrected chi connectivity index (χ3v) is 5.34. The Balaban J connectivity index is 1.53. The maximum absolute atomic E-state index is 5.26. The average molecular weight is 392 g/mol. The van der Waals surface area contributed by atoms with Gasteiger partial charge in [-0.25, -0.2) is 9.97 Å². The Bertz CT molecular complexity index is 1510. The van der Waals surface area contributed by atoms with Gasteiger partial charge in [0.2, 0.25) is 0 Å². The highest BCUT2D eigenvalue weighted by Crippen LogP contribution is 2.33. The number of aromatic nitrogens is 6. The van der Waals surface area contributed by atoms with E-state index < -0.39 is 0 Å². The van der Waals surface area contributed by atoms with E-state index in [4.69, 9.17) is 9.40 Å². The van der Waals surface area contributed by atoms with Gasteiger partial charge in [-0.15, -0.1) is 0 Å². The Hall–Kier alpha value is -4.26. The molecule has 7 nitrogen and oxygen atoms in total. The van der Waals surface area contributed by atoms with Crippen molar-refractivity contribution in [3.8, 4) is 33.8 Å². The van der Waals surface area contributed by atoms with Crippen molar-refractivity contribution < 1.29 is 4.42 Å². The van der Waals surface area contributed by atoms with Crippen LogP contribution < -0.4 is 0 Å². The van der Waals surface area contributed by atoms with Crippen molar-refractivity contribution in [2.45, 2.75) is 6.92 Å². The molecule has 6 rings (SSSR count). The summed E-state index contributed by atoms with van der Waals surface area (Å²) in [6.45, 7) is 2.06. The Morgan fingerprint density at radius 3 is 2.83 bits per heavy atom. The normalized spacial score (nSPS) is 11.5. The molecule has 0 amide bonds. The van der Waals surface area contributed by atoms with Gasteiger partial charge in [-0.2, -0.15) is 5.10 Å². The van der Waals surface area contributed by atoms with Crippen molar-refractivity contribution in [1.29, 1.82) is 0 Å². The molecule has 0 atom stereocenters. The SMILES string of the molecule is Cc1ccncc1-c1ccc2[nH]nc(-c3cc4c(-c5ccoc5)ccnc4[nH]3)c2n1. The molecule has 2 N–H and O–H groups in total. The standard InChI is InChI=1S/C23H16N6O/c1-13-4-7-24-11-17(13)18-2-3-19-21(26-18)22(29-28-19)20-10-16-15(14-6-9-30-12-14)5-8-25-23(16)27-20/h2-12H,1H3,(H,25,27)(H,28,29). The van der Waals surface area contributed by atoms with Crippen LogP contribution in [-0.4, -0.2) is 30.1 Å². The zero-order valence-electron chi connectivity index (χ0n) is 16.0. The number of hydrogen-bond donors (Lipinski definition) is 2. The average Bonchev–Trinajstić information content (AvgIpc) is 3.51. The highest BCUT2D eigenvalue weighted by Gasteiger charge is 2.16. The van der Waals surface area contributed by atoms with Crippen LogP contribution in [0.15, 0.2) is 71.9 Å². The highest BCUT2D eigenvalue weighted by molar-refractivity contribution is 5.98. The summed E-state index contributed by atoms with van der Waals surface area (Å²) >= 11 is 0. The van der Waals surface area contributed by atoms with Crippen LogP contribution in [0.2, 0.25) is 0 Å². The summed E-state index contributed by atoms with van der Waals surface area (Å²) in [5.74, 6) is 0. The number of pyridine rings is 3. The van der Waals surface area contributed by atoms with Crippen LogP contribution in [0.5, 0.6) is 0 Å². The van der Waals surface area contributed by atoms with Crippen LogP contribution >= 0.6 is 0 Å². The van der Waals surface area contributed by atoms with E-state index in [2.05, 4.69) is 38.1 Å². The largest absolute Gasteiger partial charge is 0.472 e. The highest BCUT2D eigenvalue weighted by atomic mass is 16.3. The number of aromatic amines is 2. The Morgan fingerprint density at radius 1 is 1.00 bits per heavy atom. The first kappa shape index (κ1) is 16.7. The van der Waals surface area contributed by atoms with E-state index in [1.54, 1.807) is 24.9 Å². The molecule has 6 heterocycles. The number of furan rings is 1. The van der Waals surface area contributed by atoms with Crippen molar-refractivity contribution >= 4 is 22.1 Å². The van der Waals surface area contributed by atoms with Gasteiger partial charge in [0.15, 0.2) is 0 Å². The number of aryl methyl sites for hydroxylation is 1. The third-order valence-electron chi connectivity index (χ3n) is 5.34. The molecule has 144 valence electrons. The molecule has 0 aliphatic carbocycles. The molecule has 0 saturated heterocycles. The summed E-state index contributed by atoms with van der Waals surface area (Å²) in [7, 11) is 0. The minimum Gasteiger partial charge on any atom is -0.472 e. The van der Waals surface area contributed by atoms with Crippen molar-refractivity contribution in [3.63, 3.8) is 0 Å². The quantitative estimate of drug-likeness (QED) is 0.435. The molecular weight excluding hydrogens is 376 g/mol. The van der Waals surface area contributed by atoms with E-state index in [-0.39, 0.29) is 0 Å². The molecule has 0 aromatic carbocycles. The first-order valence-electron chi connectivity index (χ1n) is 9.55. The summed E-state index contributed by atoms with van der Waals surface area (Å²) in [4.78, 5) is 17.0. The van der Waals surface area contributed by atoms with Gasteiger partial charge in [-0.3, -0.25) is 10.1 Å². The Morgan fingerprint density at radius 2 is 1.97 bits per heavy atom. The van der Waals surface area contributed by atoms with Gasteiger partial charge in [-0.05, 0) is 54.4 Å². The van der Waals surface area contributed by atoms with E-state index in [9.17, 15) is 0 Å². The number of fused-ring (bicyclic) bond motifs is 2. The predicted molar refractivity (Wildman–Crippen MR) is 115 cm³/mol. The van der Waals surface area contributed by atoms with Crippen LogP contribution in [0.4, 0.5) is 0 Å². The van der Waals surface area contributed by atoms with Crippen LogP contribution in [0, 0.1) is 6.92 Å². The zero-order valence-corrected chi connectivity index (χ0v) is 16.0. The molecule has 30 heavy (non-hydrogen) atoms. The van der Waals surface area contributed by atoms with Crippen LogP contribution in [0.3, 0.4) is 0 Å². The van der Waals surface area contributed by atoms with Crippen molar-refractivity contribution in [3.05, 3.63) is 73.1 Å². The molecular formula is C23H16N6O. The third kappa shape index (κ3) is 2.52. The molecule has 0 aliphatic rings. The minimum absolute atomic E-state index is 0.754. The lowest BCUT2D eigenvalue weighted by atomic mass is 10.1. The van der Waals surface area contributed by atoms with Gasteiger partial charge in [0.05, 0.1) is 29.4 Å². The number of H-pyrrole nitrogens is 2. The van der Waals surface area contributed by atoms with Gasteiger partial charge in [0, 0.05) is 35.1 Å². The molecule has 0 spiro atoms. The summed E-state index contributed by atoms with van der Waals surface area (Å²) in [5.41, 5.74) is 9.13. The van der Waals surface area contributed by atoms with E-state index in [1.165, 1.54) is 0 Å². The second-order valence-corrected chi connectivity index (χ2v) is 7.17. The molecule has 0 unspecified atom stereocenters. The number of rotatable bonds is 3. The number of hydrogen-bond acceptors (Lipinski definition) is 5. The molecule has 6 aromatic rings. The fraction of sp³-hybridized carbons (Fsp3) is 0.0435. The van der Waals surface area contributed by atoms with Crippen LogP contribution in [0.25, 0.3) is 55.8 Å². The molecule has 0 aliphatic heterocycles. The molecule has 0 fully saturated rings. The summed E-state index contributed by atoms with van der Waals surface area (Å²) in [5, 5.41) is 8.62. The molecule has 6 aromatic heterocycles. The van der Waals surface area contributed by atoms with E-state index in [0.717, 1.165) is 61.4 Å². The zero-order chi connectivity index (χ0) is 20.1. The van der Waals surface area contributed by atoms with Gasteiger partial charge >= 0.3 is 0 Å². The molecule has 0 bridgehead atoms. The lowest BCUT2D eigenvalue weighted by Gasteiger charge is -2.04. The maximum Gasteiger partial charge on any atom is 0.138 e. The summed E-state index contributed by atoms with van der Waals surface area (Å²) in [6, 6.07) is 11.9. The fourth-order valence-corrected chi connectivity index (χ4v) is 3.79. The van der Waals surface area contributed by atoms with E-state index in [1.807, 2.05) is 36.5 Å². The first-order valence-corrected chi connectivity index (χ1v) is 9.55. The fourth-order valence-electron chi connectivity index (χ4n) is 3.79. The van der Waals surface area contributed by atoms with Crippen molar-refractivity contribution in [1.82, 2.24) is 30.1 Å². The molecule has 7 heteroatoms. The van der Waals surface area contributed by atoms with Gasteiger partial charge in [0.1, 0.15) is 16.9 Å². The van der Waals surface area contributed by atoms with E-state index >= 15 is 0 Å². The van der Waals surface area contributed by atoms with E-state index in [0.29, 0.717) is 0 Å². The van der Waals surface area contributed by atoms with Crippen LogP contribution in [0.1, 0.15) is 5.56 Å². The van der Waals surface area contributed by atoms with Crippen molar-refractivity contribution in [2.24, 2.45) is 0 Å². The van der Waals surface area contributed by atoms with Gasteiger partial charge in [-0.1, -0.05) is 0 Å². The second kappa shape index (κ2) is 6.38. The number of nitrogens with one attached hydrogen (secondary N) is 2. The number of nitrogens with zero attached hydrogens (tertiary/aromatic N) is 4. The minimum atomic E-state index is 0.754. The lowest BCUT2D eigenvalue weighted by molar-refractivity contribution is 0.568. The smallest absolute Gasteiger partial charge is 0.138 e. The van der Waals surface area contributed by atoms with Gasteiger partial charge in [0.25, 0.3) is 0 Å². The Labute approximate surface area is 170 Å². The molecule has 0 radical (unpaired) electrons. The lowest BCUT2D eigenvalue weighted by Crippen LogP contribution is -1.89. The van der Waals surface area contributed by atoms with Crippen molar-refractivity contribution in [2.75, 3.05) is 0 Å². The summed E-state index contributed by atoms with van der Waals surface area (Å²) in [6.07, 6.45) is 8.82. The summed E-state index contributed by atoms with van der Waals surface area (Å²) < 4.78 is 5.26. The van der Waals surface area contributed by atoms with Gasteiger partial charge < -0.3 is 9.40 Å². The van der Waals surface area contributed by atoms with Crippen LogP contribution in [-0.2, 0) is 0 Å². The first-order chi connectivity index (χ1) is 14.8.